The maximum atomic E-state index is 5.29. The molecule has 114 valence electrons. The van der Waals surface area contributed by atoms with Gasteiger partial charge in [0.05, 0.1) is 18.8 Å². The minimum Gasteiger partial charge on any atom is -0.378 e. The Bertz CT molecular complexity index is 563. The molecule has 0 radical (unpaired) electrons. The van der Waals surface area contributed by atoms with Crippen LogP contribution < -0.4 is 10.2 Å². The van der Waals surface area contributed by atoms with E-state index in [0.717, 1.165) is 30.0 Å². The van der Waals surface area contributed by atoms with Crippen molar-refractivity contribution in [3.8, 4) is 0 Å². The fourth-order valence-electron chi connectivity index (χ4n) is 2.15. The smallest absolute Gasteiger partial charge is 0.185 e. The van der Waals surface area contributed by atoms with Crippen LogP contribution in [0.5, 0.6) is 0 Å². The van der Waals surface area contributed by atoms with Crippen LogP contribution in [0.4, 0.5) is 5.13 Å². The molecule has 0 unspecified atom stereocenters. The molecule has 21 heavy (non-hydrogen) atoms. The maximum Gasteiger partial charge on any atom is 0.185 e. The van der Waals surface area contributed by atoms with Gasteiger partial charge in [0.15, 0.2) is 5.13 Å². The third kappa shape index (κ3) is 4.03. The zero-order valence-corrected chi connectivity index (χ0v) is 14.1. The Morgan fingerprint density at radius 1 is 1.48 bits per heavy atom. The molecular weight excluding hydrogens is 302 g/mol. The predicted molar refractivity (Wildman–Crippen MR) is 89.1 cm³/mol. The molecule has 1 aliphatic rings. The molecule has 1 saturated carbocycles. The van der Waals surface area contributed by atoms with Crippen LogP contribution in [-0.2, 0) is 24.4 Å². The second-order valence-corrected chi connectivity index (χ2v) is 7.48. The lowest BCUT2D eigenvalue weighted by molar-refractivity contribution is 0.181. The fourth-order valence-corrected chi connectivity index (χ4v) is 3.88. The minimum absolute atomic E-state index is 0.588. The van der Waals surface area contributed by atoms with Crippen molar-refractivity contribution in [2.24, 2.45) is 0 Å². The van der Waals surface area contributed by atoms with Crippen LogP contribution in [0.25, 0.3) is 0 Å². The monoisotopic (exact) mass is 323 g/mol. The summed E-state index contributed by atoms with van der Waals surface area (Å²) in [5.41, 5.74) is 1.07. The zero-order chi connectivity index (χ0) is 14.7. The molecule has 2 aromatic rings. The first kappa shape index (κ1) is 15.0. The average Bonchev–Trinajstić information content (AvgIpc) is 2.99. The van der Waals surface area contributed by atoms with E-state index in [9.17, 15) is 0 Å². The van der Waals surface area contributed by atoms with Crippen LogP contribution in [0.3, 0.4) is 0 Å². The van der Waals surface area contributed by atoms with Crippen molar-refractivity contribution in [3.05, 3.63) is 33.0 Å². The predicted octanol–water partition coefficient (Wildman–Crippen LogP) is 3.24. The summed E-state index contributed by atoms with van der Waals surface area (Å²) >= 11 is 3.56. The Labute approximate surface area is 133 Å². The van der Waals surface area contributed by atoms with Crippen molar-refractivity contribution >= 4 is 27.8 Å². The van der Waals surface area contributed by atoms with Gasteiger partial charge in [0, 0.05) is 36.5 Å². The molecule has 4 nitrogen and oxygen atoms in total. The van der Waals surface area contributed by atoms with Gasteiger partial charge in [-0.15, -0.1) is 22.7 Å². The highest BCUT2D eigenvalue weighted by atomic mass is 32.1. The number of aromatic nitrogens is 1. The van der Waals surface area contributed by atoms with Crippen molar-refractivity contribution in [2.75, 3.05) is 19.1 Å². The summed E-state index contributed by atoms with van der Waals surface area (Å²) in [6, 6.07) is 4.98. The van der Waals surface area contributed by atoms with Gasteiger partial charge >= 0.3 is 0 Å². The van der Waals surface area contributed by atoms with Gasteiger partial charge in [0.25, 0.3) is 0 Å². The van der Waals surface area contributed by atoms with Gasteiger partial charge in [0.1, 0.15) is 0 Å². The second-order valence-electron chi connectivity index (χ2n) is 5.39. The van der Waals surface area contributed by atoms with Crippen LogP contribution in [0.1, 0.15) is 28.3 Å². The van der Waals surface area contributed by atoms with Crippen molar-refractivity contribution in [1.29, 1.82) is 0 Å². The van der Waals surface area contributed by atoms with E-state index in [0.29, 0.717) is 6.61 Å². The largest absolute Gasteiger partial charge is 0.378 e. The molecule has 0 spiro atoms. The molecular formula is C15H21N3OS2. The van der Waals surface area contributed by atoms with E-state index in [4.69, 9.17) is 9.72 Å². The number of methoxy groups -OCH3 is 1. The van der Waals surface area contributed by atoms with E-state index in [-0.39, 0.29) is 0 Å². The van der Waals surface area contributed by atoms with Gasteiger partial charge in [-0.2, -0.15) is 0 Å². The number of rotatable bonds is 8. The summed E-state index contributed by atoms with van der Waals surface area (Å²) in [6.45, 7) is 2.41. The molecule has 0 aliphatic heterocycles. The third-order valence-corrected chi connectivity index (χ3v) is 5.55. The molecule has 0 bridgehead atoms. The summed E-state index contributed by atoms with van der Waals surface area (Å²) in [6.07, 6.45) is 2.62. The number of thiazole rings is 1. The van der Waals surface area contributed by atoms with Gasteiger partial charge in [0.2, 0.25) is 0 Å². The van der Waals surface area contributed by atoms with Gasteiger partial charge in [-0.05, 0) is 24.3 Å². The summed E-state index contributed by atoms with van der Waals surface area (Å²) in [5, 5.41) is 6.76. The molecule has 0 atom stereocenters. The average molecular weight is 323 g/mol. The van der Waals surface area contributed by atoms with E-state index in [2.05, 4.69) is 34.8 Å². The topological polar surface area (TPSA) is 37.4 Å². The highest BCUT2D eigenvalue weighted by Crippen LogP contribution is 2.29. The number of nitrogens with one attached hydrogen (secondary N) is 1. The molecule has 1 fully saturated rings. The highest BCUT2D eigenvalue weighted by Gasteiger charge is 2.22. The van der Waals surface area contributed by atoms with Crippen molar-refractivity contribution < 1.29 is 4.74 Å². The first-order chi connectivity index (χ1) is 10.3. The lowest BCUT2D eigenvalue weighted by Gasteiger charge is -2.14. The van der Waals surface area contributed by atoms with E-state index >= 15 is 0 Å². The second kappa shape index (κ2) is 6.87. The quantitative estimate of drug-likeness (QED) is 0.809. The normalized spacial score (nSPS) is 14.6. The zero-order valence-electron chi connectivity index (χ0n) is 12.5. The van der Waals surface area contributed by atoms with Crippen molar-refractivity contribution in [3.63, 3.8) is 0 Å². The first-order valence-corrected chi connectivity index (χ1v) is 8.90. The number of nitrogens with zero attached hydrogens (tertiary/aromatic N) is 2. The van der Waals surface area contributed by atoms with Gasteiger partial charge < -0.3 is 15.0 Å². The Kier molecular flexibility index (Phi) is 4.90. The third-order valence-electron chi connectivity index (χ3n) is 3.48. The number of thiophene rings is 1. The van der Waals surface area contributed by atoms with Crippen LogP contribution >= 0.6 is 22.7 Å². The number of anilines is 1. The van der Waals surface area contributed by atoms with Crippen LogP contribution in [-0.4, -0.2) is 25.2 Å². The van der Waals surface area contributed by atoms with Crippen molar-refractivity contribution in [1.82, 2.24) is 10.3 Å². The van der Waals surface area contributed by atoms with Gasteiger partial charge in [-0.25, -0.2) is 4.98 Å². The van der Waals surface area contributed by atoms with Crippen LogP contribution in [0.2, 0.25) is 0 Å². The molecule has 2 aromatic heterocycles. The van der Waals surface area contributed by atoms with E-state index in [1.165, 1.54) is 22.6 Å². The molecule has 0 saturated heterocycles. The molecule has 1 aliphatic carbocycles. The van der Waals surface area contributed by atoms with Gasteiger partial charge in [-0.1, -0.05) is 6.07 Å². The highest BCUT2D eigenvalue weighted by molar-refractivity contribution is 7.15. The van der Waals surface area contributed by atoms with E-state index < -0.39 is 0 Å². The van der Waals surface area contributed by atoms with Crippen molar-refractivity contribution in [2.45, 2.75) is 38.6 Å². The number of hydrogen-bond donors (Lipinski definition) is 1. The van der Waals surface area contributed by atoms with Gasteiger partial charge in [-0.3, -0.25) is 0 Å². The number of ether oxygens (including phenoxy) is 1. The van der Waals surface area contributed by atoms with E-state index in [1.54, 1.807) is 29.8 Å². The molecule has 3 rings (SSSR count). The Morgan fingerprint density at radius 3 is 3.00 bits per heavy atom. The fraction of sp³-hybridized carbons (Fsp3) is 0.533. The standard InChI is InChI=1S/C15H21N3OS2/c1-18(9-12-4-3-7-20-12)15-17-13(10-19-2)14(21-15)8-16-11-5-6-11/h3-4,7,11,16H,5-6,8-10H2,1-2H3. The molecule has 0 aromatic carbocycles. The molecule has 2 heterocycles. The molecule has 1 N–H and O–H groups in total. The first-order valence-electron chi connectivity index (χ1n) is 7.20. The molecule has 0 amide bonds. The molecule has 6 heteroatoms. The summed E-state index contributed by atoms with van der Waals surface area (Å²) in [5.74, 6) is 0. The van der Waals surface area contributed by atoms with Crippen LogP contribution in [0, 0.1) is 0 Å². The number of hydrogen-bond acceptors (Lipinski definition) is 6. The Balaban J connectivity index is 1.69. The Morgan fingerprint density at radius 2 is 2.33 bits per heavy atom. The lowest BCUT2D eigenvalue weighted by atomic mass is 10.3. The summed E-state index contributed by atoms with van der Waals surface area (Å²) in [7, 11) is 3.83. The van der Waals surface area contributed by atoms with Crippen LogP contribution in [0.15, 0.2) is 17.5 Å². The minimum atomic E-state index is 0.588. The van der Waals surface area contributed by atoms with E-state index in [1.807, 2.05) is 0 Å². The maximum absolute atomic E-state index is 5.29. The SMILES string of the molecule is COCc1nc(N(C)Cc2cccs2)sc1CNC1CC1. The summed E-state index contributed by atoms with van der Waals surface area (Å²) < 4.78 is 5.29. The Hall–Kier alpha value is -0.950. The summed E-state index contributed by atoms with van der Waals surface area (Å²) in [4.78, 5) is 9.64. The lowest BCUT2D eigenvalue weighted by Crippen LogP contribution is -2.15.